The number of ether oxygens (including phenoxy) is 1. The molecule has 0 saturated carbocycles. The molecule has 2 aromatic rings. The van der Waals surface area contributed by atoms with Crippen LogP contribution in [0.25, 0.3) is 0 Å². The minimum atomic E-state index is -0.588. The Kier molecular flexibility index (Phi) is 7.31. The average Bonchev–Trinajstić information content (AvgIpc) is 2.84. The van der Waals surface area contributed by atoms with E-state index in [1.54, 1.807) is 0 Å². The van der Waals surface area contributed by atoms with E-state index in [1.807, 2.05) is 36.5 Å². The average molecular weight is 460 g/mol. The zero-order valence-corrected chi connectivity index (χ0v) is 19.0. The van der Waals surface area contributed by atoms with Crippen LogP contribution in [0, 0.1) is 22.8 Å². The molecule has 1 fully saturated rings. The molecule has 0 radical (unpaired) electrons. The van der Waals surface area contributed by atoms with E-state index in [4.69, 9.17) is 21.5 Å². The summed E-state index contributed by atoms with van der Waals surface area (Å²) in [5.41, 5.74) is 13.9. The number of aliphatic imine (C=N–C) groups is 1. The Labute approximate surface area is 199 Å². The number of piperidine rings is 1. The first-order valence-corrected chi connectivity index (χ1v) is 11.5. The van der Waals surface area contributed by atoms with Crippen LogP contribution in [-0.4, -0.2) is 42.1 Å². The van der Waals surface area contributed by atoms with Crippen molar-refractivity contribution in [2.24, 2.45) is 4.99 Å². The number of pyridine rings is 1. The van der Waals surface area contributed by atoms with Gasteiger partial charge in [0.2, 0.25) is 5.96 Å². The fraction of sp³-hybridized carbons (Fsp3) is 0.417. The minimum absolute atomic E-state index is 0.0184. The normalized spacial score (nSPS) is 17.5. The number of hydrogen-bond acceptors (Lipinski definition) is 10. The van der Waals surface area contributed by atoms with Crippen molar-refractivity contribution in [3.8, 4) is 18.0 Å². The van der Waals surface area contributed by atoms with E-state index in [1.165, 1.54) is 32.4 Å². The SMILES string of the molecule is N#CNC1=NC(c2cccc(OCCCCN3CCCCC3)c2)c2c(nc(N)c(C#N)c2N)N1. The summed E-state index contributed by atoms with van der Waals surface area (Å²) in [6.07, 6.45) is 7.90. The molecular weight excluding hydrogens is 430 g/mol. The third-order valence-electron chi connectivity index (χ3n) is 6.12. The number of hydrogen-bond donors (Lipinski definition) is 4. The van der Waals surface area contributed by atoms with E-state index in [-0.39, 0.29) is 23.0 Å². The van der Waals surface area contributed by atoms with Crippen molar-refractivity contribution in [2.45, 2.75) is 38.1 Å². The molecule has 0 spiro atoms. The van der Waals surface area contributed by atoms with Gasteiger partial charge in [-0.25, -0.2) is 9.98 Å². The highest BCUT2D eigenvalue weighted by Gasteiger charge is 2.29. The van der Waals surface area contributed by atoms with Crippen LogP contribution in [0.3, 0.4) is 0 Å². The lowest BCUT2D eigenvalue weighted by Crippen LogP contribution is -2.32. The zero-order valence-electron chi connectivity index (χ0n) is 19.0. The Balaban J connectivity index is 1.49. The quantitative estimate of drug-likeness (QED) is 0.277. The summed E-state index contributed by atoms with van der Waals surface area (Å²) in [7, 11) is 0. The Morgan fingerprint density at radius 2 is 2.00 bits per heavy atom. The molecule has 3 heterocycles. The van der Waals surface area contributed by atoms with Crippen molar-refractivity contribution in [3.05, 3.63) is 41.0 Å². The summed E-state index contributed by atoms with van der Waals surface area (Å²) in [4.78, 5) is 11.4. The molecular formula is C24H29N9O. The van der Waals surface area contributed by atoms with Gasteiger partial charge in [0.25, 0.3) is 0 Å². The number of nitrogens with zero attached hydrogens (tertiary/aromatic N) is 5. The van der Waals surface area contributed by atoms with Crippen molar-refractivity contribution >= 4 is 23.3 Å². The van der Waals surface area contributed by atoms with E-state index in [0.717, 1.165) is 30.7 Å². The van der Waals surface area contributed by atoms with E-state index < -0.39 is 6.04 Å². The second-order valence-corrected chi connectivity index (χ2v) is 8.43. The molecule has 0 amide bonds. The van der Waals surface area contributed by atoms with E-state index in [2.05, 4.69) is 25.5 Å². The van der Waals surface area contributed by atoms with Gasteiger partial charge < -0.3 is 26.4 Å². The van der Waals surface area contributed by atoms with Gasteiger partial charge in [-0.1, -0.05) is 18.6 Å². The second-order valence-electron chi connectivity index (χ2n) is 8.43. The molecule has 1 atom stereocenters. The van der Waals surface area contributed by atoms with Crippen molar-refractivity contribution < 1.29 is 4.74 Å². The van der Waals surface area contributed by atoms with Gasteiger partial charge in [0.15, 0.2) is 6.19 Å². The Hall–Kier alpha value is -4.02. The molecule has 0 aliphatic carbocycles. The highest BCUT2D eigenvalue weighted by atomic mass is 16.5. The van der Waals surface area contributed by atoms with Crippen LogP contribution in [0.1, 0.15) is 54.8 Å². The highest BCUT2D eigenvalue weighted by Crippen LogP contribution is 2.41. The van der Waals surface area contributed by atoms with Crippen LogP contribution in [0.15, 0.2) is 29.3 Å². The molecule has 1 unspecified atom stereocenters. The number of nitrogens with two attached hydrogens (primary N) is 2. The van der Waals surface area contributed by atoms with Crippen molar-refractivity contribution in [3.63, 3.8) is 0 Å². The summed E-state index contributed by atoms with van der Waals surface area (Å²) in [5, 5.41) is 24.0. The number of likely N-dealkylation sites (tertiary alicyclic amines) is 1. The summed E-state index contributed by atoms with van der Waals surface area (Å²) in [5.74, 6) is 1.32. The zero-order chi connectivity index (χ0) is 23.9. The van der Waals surface area contributed by atoms with Gasteiger partial charge >= 0.3 is 0 Å². The molecule has 10 nitrogen and oxygen atoms in total. The predicted octanol–water partition coefficient (Wildman–Crippen LogP) is 2.70. The standard InChI is InChI=1S/C24H29N9O/c25-14-18-20(27)19-21(30-24(29-15-26)32-23(19)31-22(18)28)16-7-6-8-17(13-16)34-12-5-4-11-33-9-2-1-3-10-33/h6-8,13,21H,1-5,9-12H2,(H6,27,28,29,30,31,32). The molecule has 2 aliphatic rings. The van der Waals surface area contributed by atoms with Crippen LogP contribution in [0.2, 0.25) is 0 Å². The minimum Gasteiger partial charge on any atom is -0.494 e. The number of rotatable bonds is 7. The van der Waals surface area contributed by atoms with Gasteiger partial charge in [-0.05, 0) is 63.0 Å². The van der Waals surface area contributed by atoms with Crippen molar-refractivity contribution in [2.75, 3.05) is 43.0 Å². The number of aromatic nitrogens is 1. The third-order valence-corrected chi connectivity index (χ3v) is 6.12. The highest BCUT2D eigenvalue weighted by molar-refractivity contribution is 5.98. The van der Waals surface area contributed by atoms with E-state index in [9.17, 15) is 5.26 Å². The Bertz CT molecular complexity index is 1140. The number of nitrogens with one attached hydrogen (secondary N) is 2. The lowest BCUT2D eigenvalue weighted by Gasteiger charge is -2.26. The number of fused-ring (bicyclic) bond motifs is 1. The number of unbranched alkanes of at least 4 members (excludes halogenated alkanes) is 1. The summed E-state index contributed by atoms with van der Waals surface area (Å²) >= 11 is 0. The van der Waals surface area contributed by atoms with Gasteiger partial charge in [-0.15, -0.1) is 0 Å². The summed E-state index contributed by atoms with van der Waals surface area (Å²) in [6.45, 7) is 4.17. The van der Waals surface area contributed by atoms with Gasteiger partial charge in [0.1, 0.15) is 35.1 Å². The van der Waals surface area contributed by atoms with E-state index >= 15 is 0 Å². The van der Waals surface area contributed by atoms with Gasteiger partial charge in [-0.3, -0.25) is 5.32 Å². The maximum Gasteiger partial charge on any atom is 0.211 e. The molecule has 4 rings (SSSR count). The molecule has 1 saturated heterocycles. The van der Waals surface area contributed by atoms with E-state index in [0.29, 0.717) is 18.0 Å². The predicted molar refractivity (Wildman–Crippen MR) is 131 cm³/mol. The first kappa shape index (κ1) is 23.1. The lowest BCUT2D eigenvalue weighted by molar-refractivity contribution is 0.216. The Morgan fingerprint density at radius 3 is 2.76 bits per heavy atom. The summed E-state index contributed by atoms with van der Waals surface area (Å²) < 4.78 is 6.01. The first-order chi connectivity index (χ1) is 16.6. The monoisotopic (exact) mass is 459 g/mol. The number of guanidine groups is 1. The lowest BCUT2D eigenvalue weighted by atomic mass is 9.95. The van der Waals surface area contributed by atoms with Crippen LogP contribution < -0.4 is 26.8 Å². The molecule has 10 heteroatoms. The van der Waals surface area contributed by atoms with Crippen LogP contribution >= 0.6 is 0 Å². The molecule has 6 N–H and O–H groups in total. The smallest absolute Gasteiger partial charge is 0.211 e. The van der Waals surface area contributed by atoms with Crippen LogP contribution in [-0.2, 0) is 0 Å². The molecule has 1 aromatic carbocycles. The van der Waals surface area contributed by atoms with Gasteiger partial charge in [0, 0.05) is 5.56 Å². The summed E-state index contributed by atoms with van der Waals surface area (Å²) in [6, 6.07) is 9.02. The maximum atomic E-state index is 9.48. The second kappa shape index (κ2) is 10.7. The topological polar surface area (TPSA) is 161 Å². The first-order valence-electron chi connectivity index (χ1n) is 11.5. The fourth-order valence-corrected chi connectivity index (χ4v) is 4.41. The molecule has 0 bridgehead atoms. The van der Waals surface area contributed by atoms with Crippen molar-refractivity contribution in [1.29, 1.82) is 10.5 Å². The molecule has 176 valence electrons. The molecule has 2 aliphatic heterocycles. The van der Waals surface area contributed by atoms with Crippen LogP contribution in [0.5, 0.6) is 5.75 Å². The van der Waals surface area contributed by atoms with Crippen molar-refractivity contribution in [1.82, 2.24) is 15.2 Å². The maximum absolute atomic E-state index is 9.48. The number of benzene rings is 1. The fourth-order valence-electron chi connectivity index (χ4n) is 4.41. The van der Waals surface area contributed by atoms with Gasteiger partial charge in [-0.2, -0.15) is 10.5 Å². The van der Waals surface area contributed by atoms with Crippen LogP contribution in [0.4, 0.5) is 17.3 Å². The number of anilines is 3. The number of nitriles is 2. The largest absolute Gasteiger partial charge is 0.494 e. The molecule has 34 heavy (non-hydrogen) atoms. The number of nitrogen functional groups attached to an aromatic ring is 2. The van der Waals surface area contributed by atoms with Gasteiger partial charge in [0.05, 0.1) is 12.3 Å². The Morgan fingerprint density at radius 1 is 1.18 bits per heavy atom. The third kappa shape index (κ3) is 5.13. The molecule has 1 aromatic heterocycles.